The molecule has 0 amide bonds. The zero-order valence-electron chi connectivity index (χ0n) is 8.85. The van der Waals surface area contributed by atoms with Crippen LogP contribution in [0.2, 0.25) is 0 Å². The van der Waals surface area contributed by atoms with Crippen LogP contribution in [0.25, 0.3) is 0 Å². The van der Waals surface area contributed by atoms with Gasteiger partial charge in [-0.2, -0.15) is 0 Å². The molecule has 0 radical (unpaired) electrons. The first-order valence-electron chi connectivity index (χ1n) is 5.20. The van der Waals surface area contributed by atoms with Gasteiger partial charge >= 0.3 is 0 Å². The Balaban J connectivity index is 1.94. The lowest BCUT2D eigenvalue weighted by molar-refractivity contribution is 0.602. The number of rotatable bonds is 4. The second-order valence-electron chi connectivity index (χ2n) is 3.93. The number of hydrogen-bond acceptors (Lipinski definition) is 6. The fourth-order valence-corrected chi connectivity index (χ4v) is 4.22. The van der Waals surface area contributed by atoms with Crippen molar-refractivity contribution in [1.82, 2.24) is 4.98 Å². The van der Waals surface area contributed by atoms with Crippen molar-refractivity contribution in [3.8, 4) is 0 Å². The topological polar surface area (TPSA) is 85.1 Å². The molecule has 0 bridgehead atoms. The second-order valence-corrected chi connectivity index (χ2v) is 7.01. The van der Waals surface area contributed by atoms with Gasteiger partial charge in [-0.15, -0.1) is 11.3 Å². The Morgan fingerprint density at radius 1 is 1.62 bits per heavy atom. The van der Waals surface area contributed by atoms with Crippen molar-refractivity contribution in [2.75, 3.05) is 23.4 Å². The van der Waals surface area contributed by atoms with Crippen LogP contribution in [0.3, 0.4) is 0 Å². The average Bonchev–Trinajstić information content (AvgIpc) is 2.75. The molecule has 0 spiro atoms. The molecule has 7 heteroatoms. The van der Waals surface area contributed by atoms with Crippen LogP contribution in [-0.4, -0.2) is 37.5 Å². The van der Waals surface area contributed by atoms with E-state index in [2.05, 4.69) is 10.3 Å². The maximum Gasteiger partial charge on any atom is 0.183 e. The van der Waals surface area contributed by atoms with E-state index in [1.807, 2.05) is 5.38 Å². The van der Waals surface area contributed by atoms with Crippen LogP contribution in [0, 0.1) is 0 Å². The monoisotopic (exact) mass is 261 g/mol. The summed E-state index contributed by atoms with van der Waals surface area (Å²) in [5.41, 5.74) is 6.40. The van der Waals surface area contributed by atoms with Gasteiger partial charge in [0.15, 0.2) is 15.0 Å². The number of thiazole rings is 1. The molecule has 3 N–H and O–H groups in total. The molecule has 5 nitrogen and oxygen atoms in total. The number of anilines is 1. The lowest BCUT2D eigenvalue weighted by Crippen LogP contribution is -2.20. The van der Waals surface area contributed by atoms with Gasteiger partial charge in [0.25, 0.3) is 0 Å². The summed E-state index contributed by atoms with van der Waals surface area (Å²) in [4.78, 5) is 4.34. The Kier molecular flexibility index (Phi) is 3.46. The number of sulfone groups is 1. The van der Waals surface area contributed by atoms with E-state index in [4.69, 9.17) is 5.73 Å². The van der Waals surface area contributed by atoms with E-state index in [1.54, 1.807) is 0 Å². The van der Waals surface area contributed by atoms with E-state index >= 15 is 0 Å². The highest BCUT2D eigenvalue weighted by Gasteiger charge is 2.28. The Morgan fingerprint density at radius 3 is 3.06 bits per heavy atom. The van der Waals surface area contributed by atoms with Crippen LogP contribution in [0.15, 0.2) is 5.38 Å². The first-order chi connectivity index (χ1) is 7.59. The summed E-state index contributed by atoms with van der Waals surface area (Å²) in [6, 6.07) is 0.0156. The maximum absolute atomic E-state index is 11.3. The van der Waals surface area contributed by atoms with Crippen molar-refractivity contribution in [2.45, 2.75) is 18.9 Å². The molecule has 2 heterocycles. The second kappa shape index (κ2) is 4.68. The van der Waals surface area contributed by atoms with Crippen LogP contribution in [0.4, 0.5) is 5.13 Å². The summed E-state index contributed by atoms with van der Waals surface area (Å²) >= 11 is 1.50. The highest BCUT2D eigenvalue weighted by molar-refractivity contribution is 7.91. The number of hydrogen-bond donors (Lipinski definition) is 2. The fourth-order valence-electron chi connectivity index (χ4n) is 1.72. The van der Waals surface area contributed by atoms with Gasteiger partial charge in [-0.1, -0.05) is 0 Å². The van der Waals surface area contributed by atoms with Crippen LogP contribution in [-0.2, 0) is 16.3 Å². The van der Waals surface area contributed by atoms with E-state index in [0.717, 1.165) is 17.2 Å². The third-order valence-corrected chi connectivity index (χ3v) is 5.10. The summed E-state index contributed by atoms with van der Waals surface area (Å²) in [6.07, 6.45) is 1.44. The molecule has 16 heavy (non-hydrogen) atoms. The van der Waals surface area contributed by atoms with Gasteiger partial charge in [0, 0.05) is 17.8 Å². The van der Waals surface area contributed by atoms with Crippen molar-refractivity contribution in [1.29, 1.82) is 0 Å². The Labute approximate surface area is 99.0 Å². The molecule has 1 saturated heterocycles. The Morgan fingerprint density at radius 2 is 2.44 bits per heavy atom. The first kappa shape index (κ1) is 11.8. The van der Waals surface area contributed by atoms with Gasteiger partial charge in [-0.05, 0) is 13.0 Å². The molecule has 0 aliphatic carbocycles. The summed E-state index contributed by atoms with van der Waals surface area (Å²) in [5.74, 6) is 0.504. The lowest BCUT2D eigenvalue weighted by Gasteiger charge is -2.08. The average molecular weight is 261 g/mol. The van der Waals surface area contributed by atoms with Gasteiger partial charge in [0.1, 0.15) is 0 Å². The number of nitrogens with zero attached hydrogens (tertiary/aromatic N) is 1. The zero-order chi connectivity index (χ0) is 11.6. The molecule has 1 atom stereocenters. The van der Waals surface area contributed by atoms with Crippen molar-refractivity contribution in [3.05, 3.63) is 11.1 Å². The van der Waals surface area contributed by atoms with Gasteiger partial charge in [-0.3, -0.25) is 0 Å². The largest absolute Gasteiger partial charge is 0.358 e. The predicted molar refractivity (Wildman–Crippen MR) is 65.6 cm³/mol. The Hall–Kier alpha value is -0.660. The molecular formula is C9H15N3O2S2. The van der Waals surface area contributed by atoms with Gasteiger partial charge in [0.05, 0.1) is 17.2 Å². The quantitative estimate of drug-likeness (QED) is 0.811. The van der Waals surface area contributed by atoms with Crippen molar-refractivity contribution in [2.24, 2.45) is 5.73 Å². The van der Waals surface area contributed by atoms with Crippen molar-refractivity contribution < 1.29 is 8.42 Å². The molecule has 1 unspecified atom stereocenters. The number of nitrogens with two attached hydrogens (primary N) is 1. The molecular weight excluding hydrogens is 246 g/mol. The number of aromatic nitrogens is 1. The normalized spacial score (nSPS) is 23.4. The predicted octanol–water partition coefficient (Wildman–Crippen LogP) is 0.243. The van der Waals surface area contributed by atoms with E-state index in [0.29, 0.717) is 13.0 Å². The standard InChI is InChI=1S/C9H15N3O2S2/c10-3-1-7-5-15-9(11-7)12-8-2-4-16(13,14)6-8/h5,8H,1-4,6,10H2,(H,11,12). The Bertz CT molecular complexity index is 455. The highest BCUT2D eigenvalue weighted by Crippen LogP contribution is 2.20. The summed E-state index contributed by atoms with van der Waals surface area (Å²) in [6.45, 7) is 0.584. The molecule has 1 aliphatic heterocycles. The fraction of sp³-hybridized carbons (Fsp3) is 0.667. The smallest absolute Gasteiger partial charge is 0.183 e. The molecule has 0 aromatic carbocycles. The minimum Gasteiger partial charge on any atom is -0.358 e. The van der Waals surface area contributed by atoms with E-state index in [-0.39, 0.29) is 17.5 Å². The molecule has 1 fully saturated rings. The molecule has 0 saturated carbocycles. The molecule has 1 aromatic heterocycles. The SMILES string of the molecule is NCCc1csc(NC2CCS(=O)(=O)C2)n1. The van der Waals surface area contributed by atoms with E-state index < -0.39 is 9.84 Å². The van der Waals surface area contributed by atoms with Gasteiger partial charge in [0.2, 0.25) is 0 Å². The summed E-state index contributed by atoms with van der Waals surface area (Å²) < 4.78 is 22.5. The molecule has 1 aromatic rings. The van der Waals surface area contributed by atoms with Crippen LogP contribution >= 0.6 is 11.3 Å². The highest BCUT2D eigenvalue weighted by atomic mass is 32.2. The molecule has 90 valence electrons. The van der Waals surface area contributed by atoms with E-state index in [1.165, 1.54) is 11.3 Å². The number of nitrogens with one attached hydrogen (secondary N) is 1. The maximum atomic E-state index is 11.3. The lowest BCUT2D eigenvalue weighted by atomic mass is 10.3. The first-order valence-corrected chi connectivity index (χ1v) is 7.90. The van der Waals surface area contributed by atoms with Crippen molar-refractivity contribution >= 4 is 26.3 Å². The van der Waals surface area contributed by atoms with Gasteiger partial charge in [-0.25, -0.2) is 13.4 Å². The zero-order valence-corrected chi connectivity index (χ0v) is 10.5. The van der Waals surface area contributed by atoms with Crippen molar-refractivity contribution in [3.63, 3.8) is 0 Å². The minimum atomic E-state index is -2.82. The van der Waals surface area contributed by atoms with Crippen LogP contribution in [0.5, 0.6) is 0 Å². The molecule has 2 rings (SSSR count). The third-order valence-electron chi connectivity index (χ3n) is 2.51. The van der Waals surface area contributed by atoms with Crippen LogP contribution < -0.4 is 11.1 Å². The summed E-state index contributed by atoms with van der Waals surface area (Å²) in [5, 5.41) is 5.92. The van der Waals surface area contributed by atoms with E-state index in [9.17, 15) is 8.42 Å². The van der Waals surface area contributed by atoms with Gasteiger partial charge < -0.3 is 11.1 Å². The van der Waals surface area contributed by atoms with Crippen LogP contribution in [0.1, 0.15) is 12.1 Å². The molecule has 1 aliphatic rings. The summed E-state index contributed by atoms with van der Waals surface area (Å²) in [7, 11) is -2.82. The minimum absolute atomic E-state index is 0.0156. The third kappa shape index (κ3) is 2.93.